The van der Waals surface area contributed by atoms with Crippen LogP contribution in [0.5, 0.6) is 11.5 Å². The van der Waals surface area contributed by atoms with E-state index in [1.165, 1.54) is 18.4 Å². The van der Waals surface area contributed by atoms with Crippen LogP contribution in [0.2, 0.25) is 0 Å². The molecule has 1 fully saturated rings. The zero-order valence-corrected chi connectivity index (χ0v) is 12.5. The van der Waals surface area contributed by atoms with E-state index >= 15 is 0 Å². The Morgan fingerprint density at radius 2 is 1.57 bits per heavy atom. The number of nitrogens with one attached hydrogen (secondary N) is 1. The summed E-state index contributed by atoms with van der Waals surface area (Å²) in [6.45, 7) is 0. The summed E-state index contributed by atoms with van der Waals surface area (Å²) in [6.07, 6.45) is 2.57. The van der Waals surface area contributed by atoms with Crippen LogP contribution in [0.1, 0.15) is 24.4 Å². The van der Waals surface area contributed by atoms with E-state index in [1.807, 2.05) is 18.2 Å². The lowest BCUT2D eigenvalue weighted by atomic mass is 10.0. The van der Waals surface area contributed by atoms with E-state index in [1.54, 1.807) is 14.2 Å². The number of methoxy groups -OCH3 is 2. The van der Waals surface area contributed by atoms with Crippen LogP contribution < -0.4 is 14.8 Å². The molecule has 0 amide bonds. The Balaban J connectivity index is 1.86. The summed E-state index contributed by atoms with van der Waals surface area (Å²) in [5.41, 5.74) is 2.37. The quantitative estimate of drug-likeness (QED) is 0.859. The molecule has 0 heterocycles. The largest absolute Gasteiger partial charge is 0.497 e. The van der Waals surface area contributed by atoms with E-state index in [4.69, 9.17) is 9.47 Å². The van der Waals surface area contributed by atoms with Crippen LogP contribution in [-0.4, -0.2) is 14.2 Å². The van der Waals surface area contributed by atoms with Gasteiger partial charge in [0.2, 0.25) is 0 Å². The maximum Gasteiger partial charge on any atom is 0.124 e. The summed E-state index contributed by atoms with van der Waals surface area (Å²) in [7, 11) is 3.35. The molecule has 0 aromatic heterocycles. The van der Waals surface area contributed by atoms with Crippen molar-refractivity contribution >= 4 is 5.69 Å². The second kappa shape index (κ2) is 6.08. The molecule has 2 aromatic carbocycles. The molecule has 1 unspecified atom stereocenters. The fourth-order valence-corrected chi connectivity index (χ4v) is 2.63. The summed E-state index contributed by atoms with van der Waals surface area (Å²) >= 11 is 0. The van der Waals surface area contributed by atoms with Gasteiger partial charge in [-0.05, 0) is 24.3 Å². The molecule has 0 radical (unpaired) electrons. The molecular weight excluding hydrogens is 262 g/mol. The number of ether oxygens (including phenoxy) is 2. The minimum absolute atomic E-state index is 0.350. The van der Waals surface area contributed by atoms with Gasteiger partial charge < -0.3 is 14.8 Å². The molecule has 21 heavy (non-hydrogen) atoms. The van der Waals surface area contributed by atoms with Crippen LogP contribution >= 0.6 is 0 Å². The first-order valence-electron chi connectivity index (χ1n) is 7.34. The Morgan fingerprint density at radius 3 is 2.10 bits per heavy atom. The number of anilines is 1. The Morgan fingerprint density at radius 1 is 0.952 bits per heavy atom. The molecule has 1 aliphatic carbocycles. The minimum atomic E-state index is 0.350. The molecule has 3 rings (SSSR count). The van der Waals surface area contributed by atoms with Crippen molar-refractivity contribution in [3.63, 3.8) is 0 Å². The number of benzene rings is 2. The van der Waals surface area contributed by atoms with Gasteiger partial charge in [-0.25, -0.2) is 0 Å². The Labute approximate surface area is 125 Å². The highest BCUT2D eigenvalue weighted by Gasteiger charge is 2.32. The average Bonchev–Trinajstić information content (AvgIpc) is 3.37. The lowest BCUT2D eigenvalue weighted by Gasteiger charge is -2.21. The minimum Gasteiger partial charge on any atom is -0.497 e. The molecule has 1 aliphatic rings. The van der Waals surface area contributed by atoms with Crippen LogP contribution in [0.25, 0.3) is 0 Å². The van der Waals surface area contributed by atoms with Crippen LogP contribution in [0.4, 0.5) is 5.69 Å². The predicted molar refractivity (Wildman–Crippen MR) is 85.1 cm³/mol. The van der Waals surface area contributed by atoms with Crippen LogP contribution in [0, 0.1) is 5.92 Å². The zero-order chi connectivity index (χ0) is 14.7. The Bertz CT molecular complexity index is 571. The fraction of sp³-hybridized carbons (Fsp3) is 0.333. The van der Waals surface area contributed by atoms with Crippen LogP contribution in [-0.2, 0) is 0 Å². The molecule has 0 aliphatic heterocycles. The maximum absolute atomic E-state index is 5.34. The van der Waals surface area contributed by atoms with Gasteiger partial charge in [-0.2, -0.15) is 0 Å². The van der Waals surface area contributed by atoms with Crippen molar-refractivity contribution in [1.82, 2.24) is 0 Å². The van der Waals surface area contributed by atoms with Gasteiger partial charge >= 0.3 is 0 Å². The summed E-state index contributed by atoms with van der Waals surface area (Å²) in [5.74, 6) is 2.32. The maximum atomic E-state index is 5.34. The van der Waals surface area contributed by atoms with Crippen LogP contribution in [0.15, 0.2) is 48.5 Å². The molecule has 1 N–H and O–H groups in total. The Hall–Kier alpha value is -2.16. The van der Waals surface area contributed by atoms with Crippen molar-refractivity contribution in [1.29, 1.82) is 0 Å². The highest BCUT2D eigenvalue weighted by atomic mass is 16.5. The van der Waals surface area contributed by atoms with E-state index in [2.05, 4.69) is 35.6 Å². The SMILES string of the molecule is COc1cc(NC(c2ccccc2)C2CC2)cc(OC)c1. The van der Waals surface area contributed by atoms with Crippen molar-refractivity contribution in [2.45, 2.75) is 18.9 Å². The normalized spacial score (nSPS) is 15.3. The van der Waals surface area contributed by atoms with Gasteiger partial charge in [0, 0.05) is 23.9 Å². The second-order valence-electron chi connectivity index (χ2n) is 5.47. The molecule has 1 saturated carbocycles. The van der Waals surface area contributed by atoms with E-state index in [-0.39, 0.29) is 0 Å². The first kappa shape index (κ1) is 13.8. The van der Waals surface area contributed by atoms with E-state index in [0.29, 0.717) is 12.0 Å². The molecule has 0 spiro atoms. The van der Waals surface area contributed by atoms with E-state index in [0.717, 1.165) is 17.2 Å². The molecular formula is C18H21NO2. The monoisotopic (exact) mass is 283 g/mol. The molecule has 1 atom stereocenters. The van der Waals surface area contributed by atoms with E-state index in [9.17, 15) is 0 Å². The lowest BCUT2D eigenvalue weighted by molar-refractivity contribution is 0.394. The van der Waals surface area contributed by atoms with Gasteiger partial charge in [0.1, 0.15) is 11.5 Å². The van der Waals surface area contributed by atoms with Crippen molar-refractivity contribution in [2.75, 3.05) is 19.5 Å². The van der Waals surface area contributed by atoms with E-state index < -0.39 is 0 Å². The third kappa shape index (κ3) is 3.30. The molecule has 3 heteroatoms. The second-order valence-corrected chi connectivity index (χ2v) is 5.47. The van der Waals surface area contributed by atoms with Crippen molar-refractivity contribution in [3.8, 4) is 11.5 Å². The summed E-state index contributed by atoms with van der Waals surface area (Å²) in [6, 6.07) is 16.9. The number of hydrogen-bond acceptors (Lipinski definition) is 3. The standard InChI is InChI=1S/C18H21NO2/c1-20-16-10-15(11-17(12-16)21-2)19-18(14-8-9-14)13-6-4-3-5-7-13/h3-7,10-12,14,18-19H,8-9H2,1-2H3. The van der Waals surface area contributed by atoms with Crippen LogP contribution in [0.3, 0.4) is 0 Å². The van der Waals surface area contributed by atoms with Gasteiger partial charge in [0.25, 0.3) is 0 Å². The molecule has 0 saturated heterocycles. The van der Waals surface area contributed by atoms with Crippen molar-refractivity contribution in [2.24, 2.45) is 5.92 Å². The highest BCUT2D eigenvalue weighted by molar-refractivity contribution is 5.55. The fourth-order valence-electron chi connectivity index (χ4n) is 2.63. The highest BCUT2D eigenvalue weighted by Crippen LogP contribution is 2.43. The summed E-state index contributed by atoms with van der Waals surface area (Å²) in [5, 5.41) is 3.65. The molecule has 110 valence electrons. The predicted octanol–water partition coefficient (Wildman–Crippen LogP) is 4.27. The number of rotatable bonds is 6. The molecule has 0 bridgehead atoms. The van der Waals surface area contributed by atoms with Gasteiger partial charge in [0.05, 0.1) is 20.3 Å². The zero-order valence-electron chi connectivity index (χ0n) is 12.5. The first-order valence-corrected chi connectivity index (χ1v) is 7.34. The van der Waals surface area contributed by atoms with Gasteiger partial charge in [-0.1, -0.05) is 30.3 Å². The molecule has 3 nitrogen and oxygen atoms in total. The van der Waals surface area contributed by atoms with Gasteiger partial charge in [0.15, 0.2) is 0 Å². The summed E-state index contributed by atoms with van der Waals surface area (Å²) in [4.78, 5) is 0. The average molecular weight is 283 g/mol. The van der Waals surface area contributed by atoms with Gasteiger partial charge in [-0.15, -0.1) is 0 Å². The lowest BCUT2D eigenvalue weighted by Crippen LogP contribution is -2.13. The smallest absolute Gasteiger partial charge is 0.124 e. The van der Waals surface area contributed by atoms with Gasteiger partial charge in [-0.3, -0.25) is 0 Å². The molecule has 2 aromatic rings. The van der Waals surface area contributed by atoms with Crippen molar-refractivity contribution in [3.05, 3.63) is 54.1 Å². The first-order chi connectivity index (χ1) is 10.3. The third-order valence-electron chi connectivity index (χ3n) is 3.93. The Kier molecular flexibility index (Phi) is 4.00. The number of hydrogen-bond donors (Lipinski definition) is 1. The topological polar surface area (TPSA) is 30.5 Å². The van der Waals surface area contributed by atoms with Crippen molar-refractivity contribution < 1.29 is 9.47 Å². The summed E-state index contributed by atoms with van der Waals surface area (Å²) < 4.78 is 10.7. The third-order valence-corrected chi connectivity index (χ3v) is 3.93.